The van der Waals surface area contributed by atoms with Gasteiger partial charge in [-0.05, 0) is 26.2 Å². The third-order valence-corrected chi connectivity index (χ3v) is 3.43. The first kappa shape index (κ1) is 13.8. The van der Waals surface area contributed by atoms with E-state index in [1.165, 1.54) is 0 Å². The summed E-state index contributed by atoms with van der Waals surface area (Å²) in [4.78, 5) is 13.9. The summed E-state index contributed by atoms with van der Waals surface area (Å²) in [5.41, 5.74) is 4.51. The number of carbonyl (C=O) groups excluding carboxylic acids is 1. The minimum Gasteiger partial charge on any atom is -0.409 e. The van der Waals surface area contributed by atoms with Crippen molar-refractivity contribution in [3.05, 3.63) is 0 Å². The SMILES string of the molecule is CC1CN(C(=O)C(C)(C)C(N)=NO)CCC1O. The minimum atomic E-state index is -1.02. The van der Waals surface area contributed by atoms with E-state index in [9.17, 15) is 9.90 Å². The van der Waals surface area contributed by atoms with Crippen molar-refractivity contribution in [3.63, 3.8) is 0 Å². The number of piperidine rings is 1. The third-order valence-electron chi connectivity index (χ3n) is 3.43. The molecule has 98 valence electrons. The smallest absolute Gasteiger partial charge is 0.235 e. The van der Waals surface area contributed by atoms with Crippen LogP contribution in [0, 0.1) is 11.3 Å². The average molecular weight is 243 g/mol. The van der Waals surface area contributed by atoms with E-state index in [0.717, 1.165) is 0 Å². The van der Waals surface area contributed by atoms with Crippen molar-refractivity contribution in [1.29, 1.82) is 0 Å². The number of nitrogens with zero attached hydrogens (tertiary/aromatic N) is 2. The van der Waals surface area contributed by atoms with Crippen LogP contribution in [-0.2, 0) is 4.79 Å². The normalized spacial score (nSPS) is 27.1. The largest absolute Gasteiger partial charge is 0.409 e. The van der Waals surface area contributed by atoms with E-state index in [4.69, 9.17) is 10.9 Å². The van der Waals surface area contributed by atoms with Crippen molar-refractivity contribution in [2.24, 2.45) is 22.2 Å². The summed E-state index contributed by atoms with van der Waals surface area (Å²) in [6, 6.07) is 0. The van der Waals surface area contributed by atoms with Crippen LogP contribution >= 0.6 is 0 Å². The number of nitrogens with two attached hydrogens (primary N) is 1. The number of aliphatic hydroxyl groups excluding tert-OH is 1. The Labute approximate surface area is 101 Å². The molecule has 2 unspecified atom stereocenters. The zero-order valence-electron chi connectivity index (χ0n) is 10.6. The number of likely N-dealkylation sites (tertiary alicyclic amines) is 1. The van der Waals surface area contributed by atoms with Crippen molar-refractivity contribution in [2.45, 2.75) is 33.3 Å². The number of amidine groups is 1. The molecule has 1 saturated heterocycles. The second kappa shape index (κ2) is 4.91. The van der Waals surface area contributed by atoms with Crippen LogP contribution < -0.4 is 5.73 Å². The quantitative estimate of drug-likeness (QED) is 0.275. The maximum absolute atomic E-state index is 12.2. The highest BCUT2D eigenvalue weighted by molar-refractivity contribution is 6.05. The Kier molecular flexibility index (Phi) is 3.98. The van der Waals surface area contributed by atoms with E-state index < -0.39 is 5.41 Å². The molecule has 0 aromatic heterocycles. The highest BCUT2D eigenvalue weighted by Crippen LogP contribution is 2.24. The molecule has 0 saturated carbocycles. The van der Waals surface area contributed by atoms with Crippen molar-refractivity contribution < 1.29 is 15.1 Å². The molecule has 6 nitrogen and oxygen atoms in total. The molecule has 6 heteroatoms. The maximum Gasteiger partial charge on any atom is 0.235 e. The van der Waals surface area contributed by atoms with E-state index in [-0.39, 0.29) is 23.8 Å². The number of hydrogen-bond acceptors (Lipinski definition) is 4. The van der Waals surface area contributed by atoms with E-state index >= 15 is 0 Å². The number of rotatable bonds is 2. The minimum absolute atomic E-state index is 0.0517. The third kappa shape index (κ3) is 2.69. The lowest BCUT2D eigenvalue weighted by molar-refractivity contribution is -0.140. The van der Waals surface area contributed by atoms with E-state index in [1.54, 1.807) is 18.7 Å². The predicted octanol–water partition coefficient (Wildman–Crippen LogP) is -0.0117. The van der Waals surface area contributed by atoms with Crippen molar-refractivity contribution >= 4 is 11.7 Å². The fourth-order valence-electron chi connectivity index (χ4n) is 1.95. The van der Waals surface area contributed by atoms with E-state index in [2.05, 4.69) is 5.16 Å². The van der Waals surface area contributed by atoms with Crippen LogP contribution in [0.25, 0.3) is 0 Å². The summed E-state index contributed by atoms with van der Waals surface area (Å²) < 4.78 is 0. The van der Waals surface area contributed by atoms with Gasteiger partial charge in [0.2, 0.25) is 5.91 Å². The van der Waals surface area contributed by atoms with Gasteiger partial charge in [0, 0.05) is 13.1 Å². The van der Waals surface area contributed by atoms with Gasteiger partial charge >= 0.3 is 0 Å². The number of aliphatic hydroxyl groups is 1. The Morgan fingerprint density at radius 1 is 1.53 bits per heavy atom. The van der Waals surface area contributed by atoms with Crippen LogP contribution in [0.4, 0.5) is 0 Å². The Morgan fingerprint density at radius 3 is 2.59 bits per heavy atom. The second-order valence-electron chi connectivity index (χ2n) is 5.19. The lowest BCUT2D eigenvalue weighted by Gasteiger charge is -2.38. The van der Waals surface area contributed by atoms with Gasteiger partial charge in [-0.3, -0.25) is 4.79 Å². The van der Waals surface area contributed by atoms with Crippen LogP contribution in [0.2, 0.25) is 0 Å². The van der Waals surface area contributed by atoms with Gasteiger partial charge in [-0.1, -0.05) is 12.1 Å². The molecule has 0 aromatic rings. The van der Waals surface area contributed by atoms with E-state index in [1.807, 2.05) is 6.92 Å². The molecule has 0 bridgehead atoms. The molecular formula is C11H21N3O3. The summed E-state index contributed by atoms with van der Waals surface area (Å²) in [6.45, 7) is 6.16. The summed E-state index contributed by atoms with van der Waals surface area (Å²) in [6.07, 6.45) is 0.213. The molecule has 17 heavy (non-hydrogen) atoms. The maximum atomic E-state index is 12.2. The summed E-state index contributed by atoms with van der Waals surface area (Å²) in [7, 11) is 0. The van der Waals surface area contributed by atoms with Crippen LogP contribution in [0.3, 0.4) is 0 Å². The van der Waals surface area contributed by atoms with Gasteiger partial charge in [-0.2, -0.15) is 0 Å². The Bertz CT molecular complexity index is 328. The molecule has 0 radical (unpaired) electrons. The second-order valence-corrected chi connectivity index (χ2v) is 5.19. The molecule has 0 spiro atoms. The first-order valence-corrected chi connectivity index (χ1v) is 5.76. The van der Waals surface area contributed by atoms with Gasteiger partial charge in [0.1, 0.15) is 5.41 Å². The zero-order valence-corrected chi connectivity index (χ0v) is 10.6. The molecule has 1 amide bonds. The van der Waals surface area contributed by atoms with Gasteiger partial charge in [0.25, 0.3) is 0 Å². The molecule has 1 fully saturated rings. The van der Waals surface area contributed by atoms with Crippen molar-refractivity contribution in [3.8, 4) is 0 Å². The first-order chi connectivity index (χ1) is 7.80. The fraction of sp³-hybridized carbons (Fsp3) is 0.818. The van der Waals surface area contributed by atoms with Crippen molar-refractivity contribution in [1.82, 2.24) is 4.90 Å². The summed E-state index contributed by atoms with van der Waals surface area (Å²) >= 11 is 0. The summed E-state index contributed by atoms with van der Waals surface area (Å²) in [5, 5.41) is 21.2. The van der Waals surface area contributed by atoms with Gasteiger partial charge < -0.3 is 20.9 Å². The molecular weight excluding hydrogens is 222 g/mol. The van der Waals surface area contributed by atoms with Crippen molar-refractivity contribution in [2.75, 3.05) is 13.1 Å². The number of amides is 1. The topological polar surface area (TPSA) is 99.2 Å². The van der Waals surface area contributed by atoms with Gasteiger partial charge in [-0.15, -0.1) is 0 Å². The standard InChI is InChI=1S/C11H21N3O3/c1-7-6-14(5-4-8(7)15)10(16)11(2,3)9(12)13-17/h7-8,15,17H,4-6H2,1-3H3,(H2,12,13). The van der Waals surface area contributed by atoms with Gasteiger partial charge in [-0.25, -0.2) is 0 Å². The Morgan fingerprint density at radius 2 is 2.12 bits per heavy atom. The first-order valence-electron chi connectivity index (χ1n) is 5.76. The monoisotopic (exact) mass is 243 g/mol. The molecule has 1 heterocycles. The molecule has 1 rings (SSSR count). The zero-order chi connectivity index (χ0) is 13.2. The van der Waals surface area contributed by atoms with Crippen LogP contribution in [-0.4, -0.2) is 46.1 Å². The molecule has 4 N–H and O–H groups in total. The van der Waals surface area contributed by atoms with Crippen LogP contribution in [0.5, 0.6) is 0 Å². The molecule has 0 aromatic carbocycles. The highest BCUT2D eigenvalue weighted by Gasteiger charge is 2.38. The van der Waals surface area contributed by atoms with Crippen LogP contribution in [0.1, 0.15) is 27.2 Å². The molecule has 0 aliphatic carbocycles. The molecule has 2 atom stereocenters. The van der Waals surface area contributed by atoms with Crippen LogP contribution in [0.15, 0.2) is 5.16 Å². The lowest BCUT2D eigenvalue weighted by Crippen LogP contribution is -2.53. The molecule has 1 aliphatic rings. The van der Waals surface area contributed by atoms with Gasteiger partial charge in [0.05, 0.1) is 6.10 Å². The number of oxime groups is 1. The fourth-order valence-corrected chi connectivity index (χ4v) is 1.95. The summed E-state index contributed by atoms with van der Waals surface area (Å²) in [5.74, 6) is -0.219. The number of hydrogen-bond donors (Lipinski definition) is 3. The molecule has 1 aliphatic heterocycles. The Hall–Kier alpha value is -1.30. The average Bonchev–Trinajstić information content (AvgIpc) is 2.30. The predicted molar refractivity (Wildman–Crippen MR) is 63.6 cm³/mol. The van der Waals surface area contributed by atoms with E-state index in [0.29, 0.717) is 19.5 Å². The van der Waals surface area contributed by atoms with Gasteiger partial charge in [0.15, 0.2) is 5.84 Å². The Balaban J connectivity index is 2.77. The lowest BCUT2D eigenvalue weighted by atomic mass is 9.88. The number of carbonyl (C=O) groups is 1. The highest BCUT2D eigenvalue weighted by atomic mass is 16.4.